The minimum absolute atomic E-state index is 0.152. The van der Waals surface area contributed by atoms with Crippen LogP contribution < -0.4 is 5.56 Å². The van der Waals surface area contributed by atoms with Crippen molar-refractivity contribution < 1.29 is 9.90 Å². The lowest BCUT2D eigenvalue weighted by molar-refractivity contribution is -0.140. The molecule has 3 rings (SSSR count). The Bertz CT molecular complexity index is 885. The van der Waals surface area contributed by atoms with Crippen molar-refractivity contribution in [2.75, 3.05) is 0 Å². The van der Waals surface area contributed by atoms with Gasteiger partial charge in [0.2, 0.25) is 0 Å². The maximum Gasteiger partial charge on any atom is 0.310 e. The third-order valence-electron chi connectivity index (χ3n) is 4.23. The van der Waals surface area contributed by atoms with Crippen LogP contribution in [0.25, 0.3) is 17.0 Å². The molecule has 128 valence electrons. The number of carboxylic acids is 1. The summed E-state index contributed by atoms with van der Waals surface area (Å²) in [5.41, 5.74) is 2.12. The van der Waals surface area contributed by atoms with E-state index in [1.54, 1.807) is 18.2 Å². The first kappa shape index (κ1) is 17.2. The van der Waals surface area contributed by atoms with Crippen molar-refractivity contribution in [3.8, 4) is 11.4 Å². The van der Waals surface area contributed by atoms with Crippen molar-refractivity contribution in [3.05, 3.63) is 57.0 Å². The minimum atomic E-state index is -0.927. The lowest BCUT2D eigenvalue weighted by Gasteiger charge is -2.21. The average Bonchev–Trinajstić information content (AvgIpc) is 2.60. The van der Waals surface area contributed by atoms with Crippen LogP contribution in [0, 0.1) is 18.1 Å². The Hall–Kier alpha value is -2.58. The van der Waals surface area contributed by atoms with Gasteiger partial charge < -0.3 is 10.1 Å². The molecule has 0 saturated carbocycles. The monoisotopic (exact) mass is 356 g/mol. The molecule has 0 amide bonds. The van der Waals surface area contributed by atoms with Crippen molar-refractivity contribution in [2.24, 2.45) is 5.92 Å². The number of aromatic amines is 1. The van der Waals surface area contributed by atoms with E-state index >= 15 is 0 Å². The molecule has 25 heavy (non-hydrogen) atoms. The average molecular weight is 357 g/mol. The van der Waals surface area contributed by atoms with Crippen molar-refractivity contribution in [1.82, 2.24) is 9.97 Å². The summed E-state index contributed by atoms with van der Waals surface area (Å²) in [5.74, 6) is -1.24. The number of halogens is 1. The number of H-pyrrole nitrogens is 1. The lowest BCUT2D eigenvalue weighted by atomic mass is 9.86. The van der Waals surface area contributed by atoms with Gasteiger partial charge in [-0.2, -0.15) is 0 Å². The number of allylic oxidation sites excluding steroid dienone is 1. The van der Waals surface area contributed by atoms with Crippen LogP contribution in [0.5, 0.6) is 0 Å². The molecular formula is C19H17ClN2O3. The molecule has 6 heteroatoms. The van der Waals surface area contributed by atoms with E-state index < -0.39 is 11.9 Å². The number of rotatable bonds is 5. The summed E-state index contributed by atoms with van der Waals surface area (Å²) in [6.07, 6.45) is 4.45. The van der Waals surface area contributed by atoms with Crippen LogP contribution in [-0.2, 0) is 11.2 Å². The summed E-state index contributed by atoms with van der Waals surface area (Å²) in [4.78, 5) is 31.3. The predicted octanol–water partition coefficient (Wildman–Crippen LogP) is 3.52. The van der Waals surface area contributed by atoms with E-state index in [4.69, 9.17) is 11.6 Å². The molecule has 1 heterocycles. The zero-order valence-electron chi connectivity index (χ0n) is 13.7. The summed E-state index contributed by atoms with van der Waals surface area (Å²) in [6, 6.07) is 8.98. The first-order valence-electron chi connectivity index (χ1n) is 8.16. The van der Waals surface area contributed by atoms with E-state index in [2.05, 4.69) is 29.0 Å². The van der Waals surface area contributed by atoms with Crippen LogP contribution >= 0.6 is 11.6 Å². The number of aliphatic carboxylic acids is 1. The fourth-order valence-corrected chi connectivity index (χ4v) is 3.02. The maximum atomic E-state index is 12.5. The smallest absolute Gasteiger partial charge is 0.310 e. The largest absolute Gasteiger partial charge is 0.481 e. The van der Waals surface area contributed by atoms with E-state index in [-0.39, 0.29) is 12.0 Å². The number of hydrogen-bond donors (Lipinski definition) is 2. The number of carbonyl (C=O) groups is 1. The van der Waals surface area contributed by atoms with Crippen molar-refractivity contribution >= 4 is 23.1 Å². The molecule has 0 radical (unpaired) electrons. The normalized spacial score (nSPS) is 15.9. The first-order chi connectivity index (χ1) is 12.0. The topological polar surface area (TPSA) is 83.0 Å². The molecule has 0 fully saturated rings. The highest BCUT2D eigenvalue weighted by Crippen LogP contribution is 2.30. The SMILES string of the molecule is CCCCC1=C[C@@H](C(=O)O)Cc2c1nc(-c1c#cc(Cl)cc1)[nH]c2=O. The van der Waals surface area contributed by atoms with Crippen LogP contribution in [0.1, 0.15) is 37.4 Å². The van der Waals surface area contributed by atoms with Gasteiger partial charge in [-0.3, -0.25) is 9.59 Å². The molecule has 1 aliphatic carbocycles. The third kappa shape index (κ3) is 3.59. The van der Waals surface area contributed by atoms with Crippen molar-refractivity contribution in [1.29, 1.82) is 0 Å². The van der Waals surface area contributed by atoms with E-state index in [1.807, 2.05) is 0 Å². The van der Waals surface area contributed by atoms with Gasteiger partial charge in [0.25, 0.3) is 5.56 Å². The van der Waals surface area contributed by atoms with E-state index in [0.717, 1.165) is 18.4 Å². The molecule has 0 bridgehead atoms. The quantitative estimate of drug-likeness (QED) is 0.858. The van der Waals surface area contributed by atoms with Gasteiger partial charge in [0, 0.05) is 5.56 Å². The zero-order chi connectivity index (χ0) is 18.0. The summed E-state index contributed by atoms with van der Waals surface area (Å²) in [7, 11) is 0. The highest BCUT2D eigenvalue weighted by Gasteiger charge is 2.28. The van der Waals surface area contributed by atoms with Gasteiger partial charge in [-0.05, 0) is 43.0 Å². The molecule has 2 aromatic rings. The molecular weight excluding hydrogens is 340 g/mol. The van der Waals surface area contributed by atoms with Crippen LogP contribution in [0.3, 0.4) is 0 Å². The van der Waals surface area contributed by atoms with Crippen molar-refractivity contribution in [2.45, 2.75) is 32.6 Å². The van der Waals surface area contributed by atoms with Crippen LogP contribution in [-0.4, -0.2) is 21.0 Å². The molecule has 1 atom stereocenters. The Morgan fingerprint density at radius 3 is 2.88 bits per heavy atom. The Morgan fingerprint density at radius 2 is 2.24 bits per heavy atom. The molecule has 0 aliphatic heterocycles. The first-order valence-corrected chi connectivity index (χ1v) is 8.54. The Labute approximate surface area is 150 Å². The second-order valence-corrected chi connectivity index (χ2v) is 6.44. The number of carboxylic acid groups (broad SMARTS) is 1. The molecule has 1 aromatic heterocycles. The number of nitrogens with one attached hydrogen (secondary N) is 1. The number of fused-ring (bicyclic) bond motifs is 1. The lowest BCUT2D eigenvalue weighted by Crippen LogP contribution is -2.27. The van der Waals surface area contributed by atoms with Gasteiger partial charge in [-0.15, -0.1) is 0 Å². The highest BCUT2D eigenvalue weighted by molar-refractivity contribution is 6.30. The fraction of sp³-hybridized carbons (Fsp3) is 0.316. The molecule has 0 spiro atoms. The zero-order valence-corrected chi connectivity index (χ0v) is 14.5. The summed E-state index contributed by atoms with van der Waals surface area (Å²) < 4.78 is 0. The number of hydrogen-bond acceptors (Lipinski definition) is 3. The maximum absolute atomic E-state index is 12.5. The van der Waals surface area contributed by atoms with E-state index in [9.17, 15) is 14.7 Å². The van der Waals surface area contributed by atoms with Gasteiger partial charge in [0.05, 0.1) is 22.2 Å². The second-order valence-electron chi connectivity index (χ2n) is 6.03. The standard InChI is InChI=1S/C19H17ClN2O3/c1-2-3-4-12-9-13(19(24)25)10-15-16(12)21-17(22-18(15)23)11-5-7-14(20)8-6-11/h5,7,9,13H,2-4,10H2,1H3,(H,24,25)(H,21,22,23)/t13-/m1/s1. The van der Waals surface area contributed by atoms with Gasteiger partial charge in [-0.25, -0.2) is 4.98 Å². The number of unbranched alkanes of at least 4 members (excludes halogenated alkanes) is 1. The predicted molar refractivity (Wildman–Crippen MR) is 95.3 cm³/mol. The summed E-state index contributed by atoms with van der Waals surface area (Å²) in [6.45, 7) is 2.06. The third-order valence-corrected chi connectivity index (χ3v) is 4.45. The highest BCUT2D eigenvalue weighted by atomic mass is 35.5. The molecule has 5 nitrogen and oxygen atoms in total. The van der Waals surface area contributed by atoms with Gasteiger partial charge >= 0.3 is 5.97 Å². The van der Waals surface area contributed by atoms with E-state index in [0.29, 0.717) is 34.1 Å². The molecule has 1 aromatic carbocycles. The molecule has 0 saturated heterocycles. The summed E-state index contributed by atoms with van der Waals surface area (Å²) in [5, 5.41) is 9.79. The summed E-state index contributed by atoms with van der Waals surface area (Å²) >= 11 is 5.83. The molecule has 0 unspecified atom stereocenters. The van der Waals surface area contributed by atoms with Gasteiger partial charge in [-0.1, -0.05) is 37.1 Å². The number of nitrogens with zero attached hydrogens (tertiary/aromatic N) is 1. The number of aromatic nitrogens is 2. The minimum Gasteiger partial charge on any atom is -0.481 e. The van der Waals surface area contributed by atoms with Crippen LogP contribution in [0.15, 0.2) is 23.0 Å². The van der Waals surface area contributed by atoms with Gasteiger partial charge in [0.15, 0.2) is 0 Å². The second kappa shape index (κ2) is 7.12. The van der Waals surface area contributed by atoms with E-state index in [1.165, 1.54) is 0 Å². The Morgan fingerprint density at radius 1 is 1.44 bits per heavy atom. The van der Waals surface area contributed by atoms with Gasteiger partial charge in [0.1, 0.15) is 5.82 Å². The Kier molecular flexibility index (Phi) is 4.91. The molecule has 2 N–H and O–H groups in total. The van der Waals surface area contributed by atoms with Crippen molar-refractivity contribution in [3.63, 3.8) is 0 Å². The van der Waals surface area contributed by atoms with Crippen LogP contribution in [0.4, 0.5) is 0 Å². The van der Waals surface area contributed by atoms with Crippen LogP contribution in [0.2, 0.25) is 5.02 Å². The Balaban J connectivity index is 2.10. The molecule has 1 aliphatic rings. The fourth-order valence-electron chi connectivity index (χ4n) is 2.91.